The highest BCUT2D eigenvalue weighted by atomic mass is 32.2. The van der Waals surface area contributed by atoms with Gasteiger partial charge in [0.05, 0.1) is 0 Å². The second-order valence-electron chi connectivity index (χ2n) is 7.61. The van der Waals surface area contributed by atoms with Gasteiger partial charge in [-0.3, -0.25) is 14.9 Å². The summed E-state index contributed by atoms with van der Waals surface area (Å²) in [5, 5.41) is 14.4. The fourth-order valence-electron chi connectivity index (χ4n) is 3.00. The number of carbonyl (C=O) groups is 2. The molecule has 3 rings (SSSR count). The Kier molecular flexibility index (Phi) is 8.20. The van der Waals surface area contributed by atoms with Crippen LogP contribution in [0.5, 0.6) is 0 Å². The maximum atomic E-state index is 12.9. The fourth-order valence-corrected chi connectivity index (χ4v) is 4.71. The molecule has 0 aliphatic heterocycles. The maximum absolute atomic E-state index is 12.9. The monoisotopic (exact) mass is 454 g/mol. The number of nitrogens with one attached hydrogen (secondary N) is 2. The smallest absolute Gasteiger partial charge is 0.252 e. The quantitative estimate of drug-likeness (QED) is 0.354. The first kappa shape index (κ1) is 23.0. The third kappa shape index (κ3) is 6.90. The largest absolute Gasteiger partial charge is 0.340 e. The first-order valence-corrected chi connectivity index (χ1v) is 11.9. The summed E-state index contributed by atoms with van der Waals surface area (Å²) in [6.45, 7) is 5.91. The molecular formula is C23H26N4O2S2. The third-order valence-electron chi connectivity index (χ3n) is 4.56. The lowest BCUT2D eigenvalue weighted by atomic mass is 10.0. The molecule has 2 amide bonds. The van der Waals surface area contributed by atoms with Crippen LogP contribution >= 0.6 is 23.1 Å². The van der Waals surface area contributed by atoms with E-state index in [4.69, 9.17) is 0 Å². The van der Waals surface area contributed by atoms with Crippen molar-refractivity contribution in [3.05, 3.63) is 71.3 Å². The first-order valence-electron chi connectivity index (χ1n) is 10.1. The minimum absolute atomic E-state index is 0.235. The zero-order valence-corrected chi connectivity index (χ0v) is 19.4. The van der Waals surface area contributed by atoms with Crippen LogP contribution in [0.1, 0.15) is 41.8 Å². The molecular weight excluding hydrogens is 428 g/mol. The molecule has 0 aliphatic carbocycles. The summed E-state index contributed by atoms with van der Waals surface area (Å²) in [6, 6.07) is 16.8. The SMILES string of the molecule is Cc1ccccc1C(=O)NC(CC(C)C)C(=O)Nc1nnc(SCc2ccccc2)s1. The molecule has 162 valence electrons. The van der Waals surface area contributed by atoms with Gasteiger partial charge in [-0.1, -0.05) is 85.5 Å². The van der Waals surface area contributed by atoms with E-state index in [0.29, 0.717) is 17.1 Å². The number of hydrogen-bond acceptors (Lipinski definition) is 6. The molecule has 0 aliphatic rings. The van der Waals surface area contributed by atoms with Gasteiger partial charge in [0.25, 0.3) is 5.91 Å². The van der Waals surface area contributed by atoms with Gasteiger partial charge in [-0.25, -0.2) is 0 Å². The molecule has 0 saturated heterocycles. The Morgan fingerprint density at radius 2 is 1.74 bits per heavy atom. The molecule has 2 aromatic carbocycles. The van der Waals surface area contributed by atoms with Crippen molar-refractivity contribution in [3.8, 4) is 0 Å². The van der Waals surface area contributed by atoms with E-state index >= 15 is 0 Å². The minimum Gasteiger partial charge on any atom is -0.340 e. The summed E-state index contributed by atoms with van der Waals surface area (Å²) in [5.74, 6) is 0.479. The van der Waals surface area contributed by atoms with E-state index in [1.54, 1.807) is 17.8 Å². The van der Waals surface area contributed by atoms with E-state index in [9.17, 15) is 9.59 Å². The van der Waals surface area contributed by atoms with Crippen molar-refractivity contribution in [2.75, 3.05) is 5.32 Å². The van der Waals surface area contributed by atoms with Crippen molar-refractivity contribution in [2.24, 2.45) is 5.92 Å². The molecule has 8 heteroatoms. The van der Waals surface area contributed by atoms with E-state index in [2.05, 4.69) is 33.0 Å². The van der Waals surface area contributed by atoms with Crippen LogP contribution in [0.25, 0.3) is 0 Å². The van der Waals surface area contributed by atoms with E-state index in [0.717, 1.165) is 15.7 Å². The Labute approximate surface area is 190 Å². The van der Waals surface area contributed by atoms with Crippen LogP contribution < -0.4 is 10.6 Å². The zero-order chi connectivity index (χ0) is 22.2. The highest BCUT2D eigenvalue weighted by molar-refractivity contribution is 8.00. The van der Waals surface area contributed by atoms with Crippen molar-refractivity contribution in [1.29, 1.82) is 0 Å². The maximum Gasteiger partial charge on any atom is 0.252 e. The number of hydrogen-bond donors (Lipinski definition) is 2. The number of carbonyl (C=O) groups excluding carboxylic acids is 2. The van der Waals surface area contributed by atoms with Crippen molar-refractivity contribution < 1.29 is 9.59 Å². The van der Waals surface area contributed by atoms with Gasteiger partial charge < -0.3 is 5.32 Å². The van der Waals surface area contributed by atoms with Gasteiger partial charge in [0, 0.05) is 11.3 Å². The average Bonchev–Trinajstić information content (AvgIpc) is 3.19. The van der Waals surface area contributed by atoms with E-state index in [1.165, 1.54) is 16.9 Å². The molecule has 1 unspecified atom stereocenters. The fraction of sp³-hybridized carbons (Fsp3) is 0.304. The lowest BCUT2D eigenvalue weighted by Gasteiger charge is -2.20. The number of thioether (sulfide) groups is 1. The van der Waals surface area contributed by atoms with Crippen molar-refractivity contribution in [3.63, 3.8) is 0 Å². The number of amides is 2. The molecule has 3 aromatic rings. The van der Waals surface area contributed by atoms with E-state index < -0.39 is 6.04 Å². The van der Waals surface area contributed by atoms with Crippen LogP contribution in [-0.4, -0.2) is 28.1 Å². The van der Waals surface area contributed by atoms with Gasteiger partial charge in [0.1, 0.15) is 6.04 Å². The summed E-state index contributed by atoms with van der Waals surface area (Å²) >= 11 is 2.90. The topological polar surface area (TPSA) is 84.0 Å². The molecule has 2 N–H and O–H groups in total. The summed E-state index contributed by atoms with van der Waals surface area (Å²) < 4.78 is 0.781. The highest BCUT2D eigenvalue weighted by Gasteiger charge is 2.24. The van der Waals surface area contributed by atoms with Crippen LogP contribution in [0.3, 0.4) is 0 Å². The predicted molar refractivity (Wildman–Crippen MR) is 126 cm³/mol. The standard InChI is InChI=1S/C23H26N4O2S2/c1-15(2)13-19(24-20(28)18-12-8-7-9-16(18)3)21(29)25-22-26-27-23(31-22)30-14-17-10-5-4-6-11-17/h4-12,15,19H,13-14H2,1-3H3,(H,24,28)(H,25,26,29). The van der Waals surface area contributed by atoms with Crippen molar-refractivity contribution >= 4 is 40.0 Å². The first-order chi connectivity index (χ1) is 14.9. The molecule has 0 spiro atoms. The Hall–Kier alpha value is -2.71. The third-order valence-corrected chi connectivity index (χ3v) is 6.60. The molecule has 0 saturated carbocycles. The van der Waals surface area contributed by atoms with Crippen LogP contribution in [0.4, 0.5) is 5.13 Å². The van der Waals surface area contributed by atoms with Crippen LogP contribution in [0.2, 0.25) is 0 Å². The van der Waals surface area contributed by atoms with Gasteiger partial charge in [-0.05, 0) is 36.5 Å². The van der Waals surface area contributed by atoms with Gasteiger partial charge in [-0.2, -0.15) is 0 Å². The van der Waals surface area contributed by atoms with Crippen LogP contribution in [-0.2, 0) is 10.5 Å². The van der Waals surface area contributed by atoms with E-state index in [-0.39, 0.29) is 17.7 Å². The Balaban J connectivity index is 1.62. The van der Waals surface area contributed by atoms with Gasteiger partial charge >= 0.3 is 0 Å². The average molecular weight is 455 g/mol. The van der Waals surface area contributed by atoms with Crippen LogP contribution in [0, 0.1) is 12.8 Å². The number of aryl methyl sites for hydroxylation is 1. The van der Waals surface area contributed by atoms with E-state index in [1.807, 2.05) is 57.2 Å². The Morgan fingerprint density at radius 1 is 1.03 bits per heavy atom. The van der Waals surface area contributed by atoms with Gasteiger partial charge in [0.15, 0.2) is 4.34 Å². The highest BCUT2D eigenvalue weighted by Crippen LogP contribution is 2.28. The summed E-state index contributed by atoms with van der Waals surface area (Å²) in [5.41, 5.74) is 2.64. The second kappa shape index (κ2) is 11.1. The molecule has 0 radical (unpaired) electrons. The Bertz CT molecular complexity index is 1020. The number of anilines is 1. The van der Waals surface area contributed by atoms with Crippen molar-refractivity contribution in [2.45, 2.75) is 43.3 Å². The minimum atomic E-state index is -0.656. The van der Waals surface area contributed by atoms with Gasteiger partial charge in [-0.15, -0.1) is 10.2 Å². The molecule has 1 atom stereocenters. The number of benzene rings is 2. The van der Waals surface area contributed by atoms with Crippen LogP contribution in [0.15, 0.2) is 58.9 Å². The number of rotatable bonds is 9. The number of aromatic nitrogens is 2. The molecule has 1 aromatic heterocycles. The second-order valence-corrected chi connectivity index (χ2v) is 9.81. The summed E-state index contributed by atoms with van der Waals surface area (Å²) in [6.07, 6.45) is 0.526. The predicted octanol–water partition coefficient (Wildman–Crippen LogP) is 4.92. The zero-order valence-electron chi connectivity index (χ0n) is 17.8. The normalized spacial score (nSPS) is 11.9. The van der Waals surface area contributed by atoms with Crippen molar-refractivity contribution in [1.82, 2.24) is 15.5 Å². The molecule has 1 heterocycles. The Morgan fingerprint density at radius 3 is 2.45 bits per heavy atom. The lowest BCUT2D eigenvalue weighted by Crippen LogP contribution is -2.44. The summed E-state index contributed by atoms with van der Waals surface area (Å²) in [4.78, 5) is 25.6. The molecule has 0 bridgehead atoms. The molecule has 6 nitrogen and oxygen atoms in total. The lowest BCUT2D eigenvalue weighted by molar-refractivity contribution is -0.118. The molecule has 31 heavy (non-hydrogen) atoms. The van der Waals surface area contributed by atoms with Gasteiger partial charge in [0.2, 0.25) is 11.0 Å². The molecule has 0 fully saturated rings. The summed E-state index contributed by atoms with van der Waals surface area (Å²) in [7, 11) is 0. The number of nitrogens with zero attached hydrogens (tertiary/aromatic N) is 2.